The Morgan fingerprint density at radius 1 is 0.967 bits per heavy atom. The number of aromatic nitrogens is 1. The lowest BCUT2D eigenvalue weighted by molar-refractivity contribution is 0.103. The number of benzene rings is 3. The Hall–Kier alpha value is -2.99. The summed E-state index contributed by atoms with van der Waals surface area (Å²) in [5.74, 6) is 0.00635. The molecule has 0 fully saturated rings. The largest absolute Gasteiger partial charge is 0.332 e. The van der Waals surface area contributed by atoms with Crippen molar-refractivity contribution < 1.29 is 4.79 Å². The summed E-state index contributed by atoms with van der Waals surface area (Å²) < 4.78 is 0. The fourth-order valence-electron chi connectivity index (χ4n) is 3.08. The number of hydrogen-bond donors (Lipinski definition) is 2. The molecule has 6 heteroatoms. The van der Waals surface area contributed by atoms with Crippen LogP contribution in [0.15, 0.2) is 84.2 Å². The Morgan fingerprint density at radius 3 is 2.33 bits per heavy atom. The molecule has 1 heterocycles. The van der Waals surface area contributed by atoms with Crippen molar-refractivity contribution in [1.29, 1.82) is 0 Å². The zero-order valence-corrected chi connectivity index (χ0v) is 17.7. The van der Waals surface area contributed by atoms with E-state index in [2.05, 4.69) is 10.3 Å². The topological polar surface area (TPSA) is 68.0 Å². The molecule has 0 aliphatic carbocycles. The van der Waals surface area contributed by atoms with Crippen LogP contribution in [0.5, 0.6) is 0 Å². The number of halogens is 1. The average molecular weight is 434 g/mol. The third-order valence-electron chi connectivity index (χ3n) is 4.71. The highest BCUT2D eigenvalue weighted by molar-refractivity contribution is 7.13. The molecule has 1 atom stereocenters. The summed E-state index contributed by atoms with van der Waals surface area (Å²) >= 11 is 7.44. The number of ketones is 1. The van der Waals surface area contributed by atoms with Gasteiger partial charge in [-0.2, -0.15) is 0 Å². The molecule has 0 spiro atoms. The van der Waals surface area contributed by atoms with Gasteiger partial charge in [-0.3, -0.25) is 4.79 Å². The van der Waals surface area contributed by atoms with E-state index >= 15 is 0 Å². The predicted octanol–water partition coefficient (Wildman–Crippen LogP) is 6.01. The van der Waals surface area contributed by atoms with Gasteiger partial charge in [0.05, 0.1) is 11.7 Å². The molecule has 4 nitrogen and oxygen atoms in total. The molecule has 3 N–H and O–H groups in total. The van der Waals surface area contributed by atoms with Crippen molar-refractivity contribution in [3.8, 4) is 0 Å². The molecule has 4 aromatic rings. The molecule has 3 aromatic carbocycles. The van der Waals surface area contributed by atoms with Crippen LogP contribution in [0, 0.1) is 0 Å². The molecule has 4 rings (SSSR count). The summed E-state index contributed by atoms with van der Waals surface area (Å²) in [6.07, 6.45) is 0.691. The molecule has 1 aromatic heterocycles. The van der Waals surface area contributed by atoms with Crippen molar-refractivity contribution in [2.45, 2.75) is 12.5 Å². The summed E-state index contributed by atoms with van der Waals surface area (Å²) in [6, 6.07) is 24.1. The van der Waals surface area contributed by atoms with Gasteiger partial charge in [-0.15, -0.1) is 11.3 Å². The first kappa shape index (κ1) is 20.3. The van der Waals surface area contributed by atoms with Crippen LogP contribution in [-0.4, -0.2) is 10.8 Å². The second-order valence-electron chi connectivity index (χ2n) is 6.91. The van der Waals surface area contributed by atoms with Crippen molar-refractivity contribution >= 4 is 39.5 Å². The number of anilines is 2. The average Bonchev–Trinajstić information content (AvgIpc) is 3.25. The predicted molar refractivity (Wildman–Crippen MR) is 124 cm³/mol. The van der Waals surface area contributed by atoms with Gasteiger partial charge in [-0.25, -0.2) is 4.98 Å². The summed E-state index contributed by atoms with van der Waals surface area (Å²) in [4.78, 5) is 17.1. The van der Waals surface area contributed by atoms with E-state index in [0.29, 0.717) is 22.6 Å². The molecule has 0 saturated heterocycles. The number of nitrogens with zero attached hydrogens (tertiary/aromatic N) is 1. The van der Waals surface area contributed by atoms with E-state index < -0.39 is 0 Å². The SMILES string of the molecule is NC(Cc1ccc(Cl)cc1)c1csc(Nc2ccc(C(=O)c3ccccc3)cc2)n1. The van der Waals surface area contributed by atoms with Crippen LogP contribution in [0.1, 0.15) is 33.2 Å². The maximum absolute atomic E-state index is 12.5. The van der Waals surface area contributed by atoms with Crippen LogP contribution >= 0.6 is 22.9 Å². The summed E-state index contributed by atoms with van der Waals surface area (Å²) in [5, 5.41) is 6.72. The van der Waals surface area contributed by atoms with Crippen LogP contribution in [0.3, 0.4) is 0 Å². The van der Waals surface area contributed by atoms with Crippen molar-refractivity contribution in [2.75, 3.05) is 5.32 Å². The first-order valence-corrected chi connectivity index (χ1v) is 10.8. The lowest BCUT2D eigenvalue weighted by Crippen LogP contribution is -2.13. The molecule has 0 radical (unpaired) electrons. The number of nitrogens with one attached hydrogen (secondary N) is 1. The van der Waals surface area contributed by atoms with Gasteiger partial charge in [-0.05, 0) is 48.4 Å². The molecule has 0 aliphatic rings. The van der Waals surface area contributed by atoms with Crippen LogP contribution in [0.25, 0.3) is 0 Å². The van der Waals surface area contributed by atoms with Gasteiger partial charge < -0.3 is 11.1 Å². The number of rotatable bonds is 7. The lowest BCUT2D eigenvalue weighted by Gasteiger charge is -2.09. The van der Waals surface area contributed by atoms with E-state index in [-0.39, 0.29) is 11.8 Å². The molecule has 0 aliphatic heterocycles. The van der Waals surface area contributed by atoms with Gasteiger partial charge in [-0.1, -0.05) is 54.1 Å². The standard InChI is InChI=1S/C24H20ClN3OS/c25-19-10-6-16(7-11-19)14-21(26)22-15-30-24(28-22)27-20-12-8-18(9-13-20)23(29)17-4-2-1-3-5-17/h1-13,15,21H,14,26H2,(H,27,28). The number of hydrogen-bond acceptors (Lipinski definition) is 5. The molecule has 0 amide bonds. The first-order valence-electron chi connectivity index (χ1n) is 9.51. The van der Waals surface area contributed by atoms with Crippen LogP contribution in [0.2, 0.25) is 5.02 Å². The van der Waals surface area contributed by atoms with Crippen LogP contribution < -0.4 is 11.1 Å². The second kappa shape index (κ2) is 9.22. The van der Waals surface area contributed by atoms with Gasteiger partial charge in [0, 0.05) is 27.2 Å². The van der Waals surface area contributed by atoms with Crippen molar-refractivity contribution in [3.63, 3.8) is 0 Å². The van der Waals surface area contributed by atoms with Crippen molar-refractivity contribution in [2.24, 2.45) is 5.73 Å². The Labute approximate surface area is 184 Å². The van der Waals surface area contributed by atoms with Crippen molar-refractivity contribution in [1.82, 2.24) is 4.98 Å². The Bertz CT molecular complexity index is 1130. The number of thiazole rings is 1. The molecule has 150 valence electrons. The third kappa shape index (κ3) is 4.94. The molecule has 0 saturated carbocycles. The smallest absolute Gasteiger partial charge is 0.193 e. The fourth-order valence-corrected chi connectivity index (χ4v) is 4.00. The minimum absolute atomic E-state index is 0.00635. The van der Waals surface area contributed by atoms with E-state index in [1.165, 1.54) is 11.3 Å². The fraction of sp³-hybridized carbons (Fsp3) is 0.0833. The number of carbonyl (C=O) groups is 1. The van der Waals surface area contributed by atoms with E-state index in [4.69, 9.17) is 17.3 Å². The van der Waals surface area contributed by atoms with E-state index in [1.807, 2.05) is 84.2 Å². The molecular formula is C24H20ClN3OS. The van der Waals surface area contributed by atoms with Crippen LogP contribution in [-0.2, 0) is 6.42 Å². The minimum Gasteiger partial charge on any atom is -0.332 e. The number of carbonyl (C=O) groups excluding carboxylic acids is 1. The summed E-state index contributed by atoms with van der Waals surface area (Å²) in [5.41, 5.74) is 10.5. The van der Waals surface area contributed by atoms with Gasteiger partial charge in [0.1, 0.15) is 0 Å². The quantitative estimate of drug-likeness (QED) is 0.350. The molecule has 1 unspecified atom stereocenters. The summed E-state index contributed by atoms with van der Waals surface area (Å²) in [6.45, 7) is 0. The number of nitrogens with two attached hydrogens (primary N) is 1. The summed E-state index contributed by atoms with van der Waals surface area (Å²) in [7, 11) is 0. The Balaban J connectivity index is 1.39. The lowest BCUT2D eigenvalue weighted by atomic mass is 10.0. The minimum atomic E-state index is -0.191. The monoisotopic (exact) mass is 433 g/mol. The highest BCUT2D eigenvalue weighted by atomic mass is 35.5. The first-order chi connectivity index (χ1) is 14.6. The van der Waals surface area contributed by atoms with Crippen LogP contribution in [0.4, 0.5) is 10.8 Å². The van der Waals surface area contributed by atoms with E-state index in [0.717, 1.165) is 22.1 Å². The Kier molecular flexibility index (Phi) is 6.23. The van der Waals surface area contributed by atoms with Gasteiger partial charge in [0.25, 0.3) is 0 Å². The third-order valence-corrected chi connectivity index (χ3v) is 5.73. The van der Waals surface area contributed by atoms with Gasteiger partial charge in [0.15, 0.2) is 10.9 Å². The normalized spacial score (nSPS) is 11.8. The zero-order chi connectivity index (χ0) is 20.9. The van der Waals surface area contributed by atoms with Gasteiger partial charge in [0.2, 0.25) is 0 Å². The van der Waals surface area contributed by atoms with Gasteiger partial charge >= 0.3 is 0 Å². The highest BCUT2D eigenvalue weighted by Crippen LogP contribution is 2.25. The zero-order valence-electron chi connectivity index (χ0n) is 16.1. The molecule has 0 bridgehead atoms. The second-order valence-corrected chi connectivity index (χ2v) is 8.21. The molecule has 30 heavy (non-hydrogen) atoms. The van der Waals surface area contributed by atoms with Crippen molar-refractivity contribution in [3.05, 3.63) is 112 Å². The van der Waals surface area contributed by atoms with E-state index in [9.17, 15) is 4.79 Å². The molecular weight excluding hydrogens is 414 g/mol. The maximum Gasteiger partial charge on any atom is 0.193 e. The van der Waals surface area contributed by atoms with E-state index in [1.54, 1.807) is 0 Å². The highest BCUT2D eigenvalue weighted by Gasteiger charge is 2.12. The Morgan fingerprint density at radius 2 is 1.63 bits per heavy atom. The maximum atomic E-state index is 12.5.